The average molecular weight is 362 g/mol. The lowest BCUT2D eigenvalue weighted by Gasteiger charge is -2.18. The van der Waals surface area contributed by atoms with Gasteiger partial charge in [-0.25, -0.2) is 4.98 Å². The number of carboxylic acid groups (broad SMARTS) is 1. The SMILES string of the molecule is CCCc1nc(C(=O)N2CCCn3nc(CCC(=O)O)cc3C2)cs1. The molecule has 134 valence electrons. The minimum Gasteiger partial charge on any atom is -0.481 e. The van der Waals surface area contributed by atoms with Crippen LogP contribution in [0.2, 0.25) is 0 Å². The quantitative estimate of drug-likeness (QED) is 0.852. The first kappa shape index (κ1) is 17.6. The molecule has 0 atom stereocenters. The summed E-state index contributed by atoms with van der Waals surface area (Å²) in [5, 5.41) is 16.1. The van der Waals surface area contributed by atoms with Crippen LogP contribution in [0, 0.1) is 0 Å². The van der Waals surface area contributed by atoms with Crippen molar-refractivity contribution in [2.45, 2.75) is 52.1 Å². The van der Waals surface area contributed by atoms with Crippen molar-refractivity contribution in [2.24, 2.45) is 0 Å². The minimum atomic E-state index is -0.827. The molecule has 0 radical (unpaired) electrons. The first-order chi connectivity index (χ1) is 12.1. The van der Waals surface area contributed by atoms with E-state index in [0.717, 1.165) is 42.2 Å². The Morgan fingerprint density at radius 2 is 2.16 bits per heavy atom. The van der Waals surface area contributed by atoms with Crippen molar-refractivity contribution in [1.29, 1.82) is 0 Å². The number of hydrogen-bond donors (Lipinski definition) is 1. The van der Waals surface area contributed by atoms with Crippen molar-refractivity contribution in [2.75, 3.05) is 6.54 Å². The molecule has 0 fully saturated rings. The van der Waals surface area contributed by atoms with Gasteiger partial charge in [-0.15, -0.1) is 11.3 Å². The van der Waals surface area contributed by atoms with Gasteiger partial charge in [0.15, 0.2) is 0 Å². The largest absolute Gasteiger partial charge is 0.481 e. The molecule has 0 bridgehead atoms. The number of carbonyl (C=O) groups excluding carboxylic acids is 1. The van der Waals surface area contributed by atoms with Crippen LogP contribution in [-0.4, -0.2) is 43.2 Å². The third-order valence-electron chi connectivity index (χ3n) is 4.18. The zero-order valence-corrected chi connectivity index (χ0v) is 15.1. The number of aliphatic carboxylic acids is 1. The zero-order valence-electron chi connectivity index (χ0n) is 14.3. The molecule has 25 heavy (non-hydrogen) atoms. The molecule has 2 aromatic rings. The number of fused-ring (bicyclic) bond motifs is 1. The molecule has 8 heteroatoms. The zero-order chi connectivity index (χ0) is 17.8. The molecule has 1 aliphatic rings. The molecule has 0 spiro atoms. The molecule has 3 heterocycles. The van der Waals surface area contributed by atoms with E-state index in [0.29, 0.717) is 25.2 Å². The molecule has 1 amide bonds. The Hall–Kier alpha value is -2.22. The molecule has 1 aliphatic heterocycles. The summed E-state index contributed by atoms with van der Waals surface area (Å²) in [6.45, 7) is 4.00. The van der Waals surface area contributed by atoms with E-state index in [4.69, 9.17) is 5.11 Å². The molecule has 3 rings (SSSR count). The predicted octanol–water partition coefficient (Wildman–Crippen LogP) is 2.36. The molecule has 0 saturated carbocycles. The minimum absolute atomic E-state index is 0.0414. The number of carbonyl (C=O) groups is 2. The van der Waals surface area contributed by atoms with E-state index in [-0.39, 0.29) is 12.3 Å². The van der Waals surface area contributed by atoms with Crippen LogP contribution >= 0.6 is 11.3 Å². The first-order valence-corrected chi connectivity index (χ1v) is 9.46. The Kier molecular flexibility index (Phi) is 5.47. The molecule has 0 unspecified atom stereocenters. The maximum absolute atomic E-state index is 12.8. The van der Waals surface area contributed by atoms with Gasteiger partial charge in [-0.3, -0.25) is 14.3 Å². The van der Waals surface area contributed by atoms with E-state index >= 15 is 0 Å². The molecule has 0 aliphatic carbocycles. The summed E-state index contributed by atoms with van der Waals surface area (Å²) in [5.41, 5.74) is 2.24. The third kappa shape index (κ3) is 4.25. The van der Waals surface area contributed by atoms with Crippen LogP contribution < -0.4 is 0 Å². The fourth-order valence-corrected chi connectivity index (χ4v) is 3.83. The van der Waals surface area contributed by atoms with Crippen LogP contribution in [0.5, 0.6) is 0 Å². The van der Waals surface area contributed by atoms with E-state index in [9.17, 15) is 9.59 Å². The van der Waals surface area contributed by atoms with E-state index < -0.39 is 5.97 Å². The van der Waals surface area contributed by atoms with Gasteiger partial charge in [-0.2, -0.15) is 5.10 Å². The fraction of sp³-hybridized carbons (Fsp3) is 0.529. The van der Waals surface area contributed by atoms with Gasteiger partial charge < -0.3 is 10.0 Å². The van der Waals surface area contributed by atoms with Gasteiger partial charge in [0.05, 0.1) is 29.4 Å². The molecular weight excluding hydrogens is 340 g/mol. The van der Waals surface area contributed by atoms with E-state index in [1.54, 1.807) is 0 Å². The van der Waals surface area contributed by atoms with Crippen molar-refractivity contribution in [3.63, 3.8) is 0 Å². The van der Waals surface area contributed by atoms with Gasteiger partial charge in [-0.1, -0.05) is 6.92 Å². The smallest absolute Gasteiger partial charge is 0.303 e. The molecule has 7 nitrogen and oxygen atoms in total. The number of nitrogens with zero attached hydrogens (tertiary/aromatic N) is 4. The van der Waals surface area contributed by atoms with Crippen LogP contribution in [-0.2, 0) is 30.7 Å². The number of aromatic nitrogens is 3. The number of carboxylic acids is 1. The Morgan fingerprint density at radius 3 is 2.92 bits per heavy atom. The number of amides is 1. The Balaban J connectivity index is 1.71. The molecule has 0 saturated heterocycles. The Labute approximate surface area is 150 Å². The average Bonchev–Trinajstić information content (AvgIpc) is 3.15. The lowest BCUT2D eigenvalue weighted by atomic mass is 10.2. The Morgan fingerprint density at radius 1 is 1.32 bits per heavy atom. The van der Waals surface area contributed by atoms with Crippen LogP contribution in [0.1, 0.15) is 53.1 Å². The molecule has 0 aromatic carbocycles. The van der Waals surface area contributed by atoms with Gasteiger partial charge in [0.1, 0.15) is 5.69 Å². The summed E-state index contributed by atoms with van der Waals surface area (Å²) >= 11 is 1.54. The van der Waals surface area contributed by atoms with Crippen LogP contribution in [0.15, 0.2) is 11.4 Å². The highest BCUT2D eigenvalue weighted by Crippen LogP contribution is 2.19. The highest BCUT2D eigenvalue weighted by molar-refractivity contribution is 7.09. The number of aryl methyl sites for hydroxylation is 3. The van der Waals surface area contributed by atoms with Crippen LogP contribution in [0.3, 0.4) is 0 Å². The van der Waals surface area contributed by atoms with E-state index in [1.165, 1.54) is 11.3 Å². The fourth-order valence-electron chi connectivity index (χ4n) is 2.95. The molecular formula is C17H22N4O3S. The van der Waals surface area contributed by atoms with E-state index in [2.05, 4.69) is 17.0 Å². The lowest BCUT2D eigenvalue weighted by Crippen LogP contribution is -2.31. The second-order valence-corrected chi connectivity index (χ2v) is 7.14. The highest BCUT2D eigenvalue weighted by atomic mass is 32.1. The van der Waals surface area contributed by atoms with Gasteiger partial charge in [0, 0.05) is 24.9 Å². The maximum Gasteiger partial charge on any atom is 0.303 e. The topological polar surface area (TPSA) is 88.3 Å². The van der Waals surface area contributed by atoms with Crippen LogP contribution in [0.25, 0.3) is 0 Å². The third-order valence-corrected chi connectivity index (χ3v) is 5.09. The van der Waals surface area contributed by atoms with Gasteiger partial charge >= 0.3 is 5.97 Å². The normalized spacial score (nSPS) is 14.2. The lowest BCUT2D eigenvalue weighted by molar-refractivity contribution is -0.136. The predicted molar refractivity (Wildman–Crippen MR) is 93.7 cm³/mol. The molecule has 2 aromatic heterocycles. The monoisotopic (exact) mass is 362 g/mol. The second-order valence-electron chi connectivity index (χ2n) is 6.20. The van der Waals surface area contributed by atoms with Crippen molar-refractivity contribution in [3.8, 4) is 0 Å². The van der Waals surface area contributed by atoms with E-state index in [1.807, 2.05) is 21.0 Å². The number of thiazole rings is 1. The summed E-state index contributed by atoms with van der Waals surface area (Å²) in [5.74, 6) is -0.869. The second kappa shape index (κ2) is 7.77. The van der Waals surface area contributed by atoms with Crippen molar-refractivity contribution < 1.29 is 14.7 Å². The van der Waals surface area contributed by atoms with Gasteiger partial charge in [0.2, 0.25) is 0 Å². The summed E-state index contributed by atoms with van der Waals surface area (Å²) in [4.78, 5) is 29.8. The number of rotatable bonds is 6. The summed E-state index contributed by atoms with van der Waals surface area (Å²) in [6, 6.07) is 1.91. The van der Waals surface area contributed by atoms with Crippen LogP contribution in [0.4, 0.5) is 0 Å². The first-order valence-electron chi connectivity index (χ1n) is 8.58. The summed E-state index contributed by atoms with van der Waals surface area (Å²) in [7, 11) is 0. The van der Waals surface area contributed by atoms with Crippen molar-refractivity contribution in [1.82, 2.24) is 19.7 Å². The standard InChI is InChI=1S/C17H22N4O3S/c1-2-4-15-18-14(11-25-15)17(24)20-7-3-8-21-13(10-20)9-12(19-21)5-6-16(22)23/h9,11H,2-8,10H2,1H3,(H,22,23). The maximum atomic E-state index is 12.8. The van der Waals surface area contributed by atoms with Gasteiger partial charge in [-0.05, 0) is 25.3 Å². The number of hydrogen-bond acceptors (Lipinski definition) is 5. The Bertz CT molecular complexity index is 768. The van der Waals surface area contributed by atoms with Crippen molar-refractivity contribution >= 4 is 23.2 Å². The molecule has 1 N–H and O–H groups in total. The van der Waals surface area contributed by atoms with Gasteiger partial charge in [0.25, 0.3) is 5.91 Å². The summed E-state index contributed by atoms with van der Waals surface area (Å²) < 4.78 is 1.90. The summed E-state index contributed by atoms with van der Waals surface area (Å²) in [6.07, 6.45) is 3.22. The highest BCUT2D eigenvalue weighted by Gasteiger charge is 2.23. The van der Waals surface area contributed by atoms with Crippen molar-refractivity contribution in [3.05, 3.63) is 33.5 Å².